The van der Waals surface area contributed by atoms with Crippen molar-refractivity contribution < 1.29 is 13.0 Å². The Morgan fingerprint density at radius 2 is 0.465 bits per heavy atom. The van der Waals surface area contributed by atoms with Crippen LogP contribution in [0.4, 0.5) is 0 Å². The number of hydrogen-bond donors (Lipinski definition) is 1. The topological polar surface area (TPSA) is 54.4 Å². The highest BCUT2D eigenvalue weighted by molar-refractivity contribution is 7.86. The summed E-state index contributed by atoms with van der Waals surface area (Å²) in [6.07, 6.45) is 71.8. The largest absolute Gasteiger partial charge is 0.295 e. The molecule has 0 saturated carbocycles. The van der Waals surface area contributed by atoms with E-state index in [1.165, 1.54) is 313 Å². The van der Waals surface area contributed by atoms with Gasteiger partial charge in [-0.2, -0.15) is 8.42 Å². The van der Waals surface area contributed by atoms with Crippen LogP contribution in [0.5, 0.6) is 0 Å². The molecule has 0 fully saturated rings. The zero-order valence-corrected chi connectivity index (χ0v) is 49.0. The fourth-order valence-corrected chi connectivity index (χ4v) is 12.8. The van der Waals surface area contributed by atoms with E-state index < -0.39 is 10.1 Å². The Kier molecular flexibility index (Phi) is 44.7. The smallest absolute Gasteiger partial charge is 0.282 e. The molecule has 0 spiro atoms. The van der Waals surface area contributed by atoms with Crippen LogP contribution in [-0.4, -0.2) is 13.0 Å². The fourth-order valence-electron chi connectivity index (χ4n) is 11.8. The highest BCUT2D eigenvalue weighted by Gasteiger charge is 2.25. The van der Waals surface area contributed by atoms with Crippen molar-refractivity contribution in [2.45, 2.75) is 372 Å². The van der Waals surface area contributed by atoms with Gasteiger partial charge in [0.05, 0.1) is 0 Å². The molecular weight excluding hydrogens is 885 g/mol. The molecular formula is C67H122O3S. The molecule has 0 aliphatic heterocycles. The van der Waals surface area contributed by atoms with Crippen molar-refractivity contribution in [1.29, 1.82) is 0 Å². The number of fused-ring (bicyclic) bond motifs is 1. The molecule has 0 saturated heterocycles. The van der Waals surface area contributed by atoms with E-state index in [0.717, 1.165) is 61.3 Å². The first kappa shape index (κ1) is 65.7. The van der Waals surface area contributed by atoms with Crippen molar-refractivity contribution in [3.8, 4) is 0 Å². The van der Waals surface area contributed by atoms with Gasteiger partial charge in [0, 0.05) is 5.39 Å². The van der Waals surface area contributed by atoms with Gasteiger partial charge in [0.15, 0.2) is 0 Å². The maximum Gasteiger partial charge on any atom is 0.295 e. The fraction of sp³-hybridized carbons (Fsp3) is 0.851. The summed E-state index contributed by atoms with van der Waals surface area (Å²) in [6, 6.07) is 8.15. The predicted octanol–water partition coefficient (Wildman–Crippen LogP) is 23.7. The van der Waals surface area contributed by atoms with Gasteiger partial charge in [0.1, 0.15) is 4.90 Å². The van der Waals surface area contributed by atoms with Gasteiger partial charge in [0.25, 0.3) is 10.1 Å². The zero-order chi connectivity index (χ0) is 51.0. The summed E-state index contributed by atoms with van der Waals surface area (Å²) >= 11 is 0. The van der Waals surface area contributed by atoms with E-state index in [-0.39, 0.29) is 4.90 Å². The second-order valence-corrected chi connectivity index (χ2v) is 24.4. The van der Waals surface area contributed by atoms with Crippen LogP contribution in [0.15, 0.2) is 29.2 Å². The number of unbranched alkanes of at least 4 members (excludes halogenated alkanes) is 48. The first-order chi connectivity index (χ1) is 35.0. The van der Waals surface area contributed by atoms with Crippen molar-refractivity contribution in [2.24, 2.45) is 0 Å². The van der Waals surface area contributed by atoms with Crippen molar-refractivity contribution in [1.82, 2.24) is 0 Å². The molecule has 3 nitrogen and oxygen atoms in total. The molecule has 0 amide bonds. The maximum absolute atomic E-state index is 13.4. The first-order valence-corrected chi connectivity index (χ1v) is 33.9. The molecule has 0 unspecified atom stereocenters. The lowest BCUT2D eigenvalue weighted by atomic mass is 9.86. The van der Waals surface area contributed by atoms with Crippen LogP contribution in [0.25, 0.3) is 10.8 Å². The summed E-state index contributed by atoms with van der Waals surface area (Å²) in [6.45, 7) is 6.90. The third-order valence-corrected chi connectivity index (χ3v) is 17.3. The highest BCUT2D eigenvalue weighted by Crippen LogP contribution is 2.37. The minimum absolute atomic E-state index is 0.220. The molecule has 0 aliphatic rings. The van der Waals surface area contributed by atoms with Crippen LogP contribution >= 0.6 is 0 Å². The normalized spacial score (nSPS) is 12.0. The van der Waals surface area contributed by atoms with Crippen LogP contribution < -0.4 is 0 Å². The molecule has 4 heteroatoms. The van der Waals surface area contributed by atoms with Gasteiger partial charge in [-0.05, 0) is 60.6 Å². The molecule has 0 heterocycles. The Balaban J connectivity index is 1.91. The Labute approximate surface area is 445 Å². The second kappa shape index (κ2) is 48.3. The van der Waals surface area contributed by atoms with E-state index in [1.54, 1.807) is 0 Å². The molecule has 414 valence electrons. The Bertz CT molecular complexity index is 1560. The van der Waals surface area contributed by atoms with E-state index in [1.807, 2.05) is 12.1 Å². The van der Waals surface area contributed by atoms with Gasteiger partial charge in [-0.3, -0.25) is 4.55 Å². The zero-order valence-electron chi connectivity index (χ0n) is 48.2. The summed E-state index contributed by atoms with van der Waals surface area (Å²) in [5.41, 5.74) is 3.60. The van der Waals surface area contributed by atoms with Gasteiger partial charge >= 0.3 is 0 Å². The lowest BCUT2D eigenvalue weighted by Gasteiger charge is -2.22. The SMILES string of the molecule is CCCCCCCCCCCCCCCCCCCc1c(CCCCCCCCCCCCCCCCCCC)c(S(=O)(=O)O)c2ccccc2c1CCCCCCCCCCCCCCCCCCC. The number of benzene rings is 2. The molecule has 71 heavy (non-hydrogen) atoms. The van der Waals surface area contributed by atoms with E-state index in [4.69, 9.17) is 0 Å². The van der Waals surface area contributed by atoms with E-state index in [2.05, 4.69) is 32.9 Å². The Morgan fingerprint density at radius 1 is 0.268 bits per heavy atom. The Hall–Kier alpha value is -1.39. The first-order valence-electron chi connectivity index (χ1n) is 32.5. The van der Waals surface area contributed by atoms with Gasteiger partial charge < -0.3 is 0 Å². The van der Waals surface area contributed by atoms with Crippen LogP contribution in [-0.2, 0) is 29.4 Å². The third kappa shape index (κ3) is 35.5. The molecule has 2 rings (SSSR count). The summed E-state index contributed by atoms with van der Waals surface area (Å²) in [7, 11) is -4.39. The third-order valence-electron chi connectivity index (χ3n) is 16.3. The molecule has 0 radical (unpaired) electrons. The van der Waals surface area contributed by atoms with Crippen LogP contribution in [0.3, 0.4) is 0 Å². The van der Waals surface area contributed by atoms with Crippen LogP contribution in [0.2, 0.25) is 0 Å². The molecule has 0 bridgehead atoms. The van der Waals surface area contributed by atoms with Gasteiger partial charge in [-0.1, -0.05) is 353 Å². The van der Waals surface area contributed by atoms with E-state index >= 15 is 0 Å². The predicted molar refractivity (Wildman–Crippen MR) is 317 cm³/mol. The minimum Gasteiger partial charge on any atom is -0.282 e. The quantitative estimate of drug-likeness (QED) is 0.0531. The number of rotatable bonds is 55. The van der Waals surface area contributed by atoms with Crippen LogP contribution in [0, 0.1) is 0 Å². The lowest BCUT2D eigenvalue weighted by Crippen LogP contribution is -2.12. The van der Waals surface area contributed by atoms with E-state index in [0.29, 0.717) is 0 Å². The van der Waals surface area contributed by atoms with Crippen LogP contribution in [0.1, 0.15) is 365 Å². The van der Waals surface area contributed by atoms with Gasteiger partial charge in [-0.25, -0.2) is 0 Å². The summed E-state index contributed by atoms with van der Waals surface area (Å²) in [5.74, 6) is 0. The highest BCUT2D eigenvalue weighted by atomic mass is 32.2. The monoisotopic (exact) mass is 1010 g/mol. The second-order valence-electron chi connectivity index (χ2n) is 23.0. The van der Waals surface area contributed by atoms with Gasteiger partial charge in [-0.15, -0.1) is 0 Å². The molecule has 0 atom stereocenters. The lowest BCUT2D eigenvalue weighted by molar-refractivity contribution is 0.482. The summed E-state index contributed by atoms with van der Waals surface area (Å²) < 4.78 is 37.8. The van der Waals surface area contributed by atoms with Crippen molar-refractivity contribution >= 4 is 20.9 Å². The van der Waals surface area contributed by atoms with Crippen molar-refractivity contribution in [3.63, 3.8) is 0 Å². The molecule has 2 aromatic rings. The molecule has 1 N–H and O–H groups in total. The standard InChI is InChI=1S/C67H122O3S/c1-4-7-10-13-16-19-22-25-28-31-34-37-40-43-46-49-52-57-62-63(58-53-50-47-44-41-38-35-32-29-26-23-20-17-14-11-8-5-2)65(67(71(68,69)70)66-61-56-55-59-64(62)66)60-54-51-48-45-42-39-36-33-30-27-24-21-18-15-12-9-6-3/h55-56,59,61H,4-54,57-58,60H2,1-3H3,(H,68,69,70). The average molecular weight is 1010 g/mol. The molecule has 0 aliphatic carbocycles. The minimum atomic E-state index is -4.39. The number of aryl methyl sites for hydroxylation is 1. The number of hydrogen-bond acceptors (Lipinski definition) is 2. The van der Waals surface area contributed by atoms with Gasteiger partial charge in [0.2, 0.25) is 0 Å². The maximum atomic E-state index is 13.4. The molecule has 2 aromatic carbocycles. The summed E-state index contributed by atoms with van der Waals surface area (Å²) in [5, 5.41) is 1.80. The molecule has 0 aromatic heterocycles. The van der Waals surface area contributed by atoms with Crippen molar-refractivity contribution in [2.75, 3.05) is 0 Å². The average Bonchev–Trinajstić information content (AvgIpc) is 3.36. The van der Waals surface area contributed by atoms with Crippen molar-refractivity contribution in [3.05, 3.63) is 41.0 Å². The Morgan fingerprint density at radius 3 is 0.704 bits per heavy atom. The summed E-state index contributed by atoms with van der Waals surface area (Å²) in [4.78, 5) is 0.220. The van der Waals surface area contributed by atoms with E-state index in [9.17, 15) is 13.0 Å².